The smallest absolute Gasteiger partial charge is 0.216 e. The summed E-state index contributed by atoms with van der Waals surface area (Å²) in [7, 11) is -7.14. The third-order valence-corrected chi connectivity index (χ3v) is 6.00. The molecule has 0 aromatic rings. The summed E-state index contributed by atoms with van der Waals surface area (Å²) in [5.41, 5.74) is 0. The van der Waals surface area contributed by atoms with Crippen molar-refractivity contribution in [3.8, 4) is 0 Å². The predicted molar refractivity (Wildman–Crippen MR) is 68.0 cm³/mol. The van der Waals surface area contributed by atoms with Crippen molar-refractivity contribution in [3.05, 3.63) is 0 Å². The van der Waals surface area contributed by atoms with Crippen molar-refractivity contribution in [2.24, 2.45) is 5.14 Å². The second-order valence-corrected chi connectivity index (χ2v) is 8.16. The van der Waals surface area contributed by atoms with Gasteiger partial charge in [0.05, 0.1) is 17.6 Å². The van der Waals surface area contributed by atoms with Crippen molar-refractivity contribution >= 4 is 20.0 Å². The maximum atomic E-state index is 11.9. The van der Waals surface area contributed by atoms with E-state index in [4.69, 9.17) is 9.88 Å². The molecule has 1 fully saturated rings. The first kappa shape index (κ1) is 15.8. The van der Waals surface area contributed by atoms with Gasteiger partial charge in [-0.05, 0) is 19.8 Å². The fourth-order valence-corrected chi connectivity index (χ4v) is 4.24. The molecule has 1 rings (SSSR count). The molecule has 2 N–H and O–H groups in total. The second kappa shape index (κ2) is 6.29. The summed E-state index contributed by atoms with van der Waals surface area (Å²) in [6.07, 6.45) is 0.922. The zero-order chi connectivity index (χ0) is 13.8. The monoisotopic (exact) mass is 300 g/mol. The van der Waals surface area contributed by atoms with Crippen LogP contribution < -0.4 is 5.14 Å². The Morgan fingerprint density at radius 2 is 2.00 bits per heavy atom. The summed E-state index contributed by atoms with van der Waals surface area (Å²) in [5.74, 6) is -0.127. The van der Waals surface area contributed by atoms with Crippen molar-refractivity contribution in [1.82, 2.24) is 4.31 Å². The molecule has 0 aromatic carbocycles. The van der Waals surface area contributed by atoms with Crippen molar-refractivity contribution < 1.29 is 21.6 Å². The maximum absolute atomic E-state index is 11.9. The number of rotatable bonds is 6. The lowest BCUT2D eigenvalue weighted by Crippen LogP contribution is -2.47. The van der Waals surface area contributed by atoms with Crippen LogP contribution in [-0.4, -0.2) is 58.4 Å². The van der Waals surface area contributed by atoms with Gasteiger partial charge in [0.25, 0.3) is 0 Å². The van der Waals surface area contributed by atoms with Crippen LogP contribution in [0, 0.1) is 0 Å². The molecule has 0 aromatic heterocycles. The van der Waals surface area contributed by atoms with Gasteiger partial charge in [-0.2, -0.15) is 0 Å². The highest BCUT2D eigenvalue weighted by atomic mass is 32.2. The van der Waals surface area contributed by atoms with Crippen molar-refractivity contribution in [2.75, 3.05) is 32.1 Å². The number of piperidine rings is 1. The molecule has 0 aliphatic carbocycles. The average Bonchev–Trinajstić information content (AvgIpc) is 2.28. The van der Waals surface area contributed by atoms with E-state index in [0.717, 1.165) is 0 Å². The molecule has 108 valence electrons. The van der Waals surface area contributed by atoms with E-state index in [1.165, 1.54) is 4.31 Å². The van der Waals surface area contributed by atoms with Crippen molar-refractivity contribution in [3.63, 3.8) is 0 Å². The van der Waals surface area contributed by atoms with Crippen molar-refractivity contribution in [2.45, 2.75) is 25.0 Å². The van der Waals surface area contributed by atoms with E-state index in [1.807, 2.05) is 0 Å². The van der Waals surface area contributed by atoms with Crippen molar-refractivity contribution in [1.29, 1.82) is 0 Å². The molecule has 0 saturated carbocycles. The summed E-state index contributed by atoms with van der Waals surface area (Å²) in [5, 5.41) is 4.27. The summed E-state index contributed by atoms with van der Waals surface area (Å²) in [4.78, 5) is 0. The quantitative estimate of drug-likeness (QED) is 0.640. The van der Waals surface area contributed by atoms with E-state index < -0.39 is 25.3 Å². The Labute approximate surface area is 108 Å². The van der Waals surface area contributed by atoms with Gasteiger partial charge in [-0.15, -0.1) is 0 Å². The number of ether oxygens (including phenoxy) is 1. The molecular weight excluding hydrogens is 280 g/mol. The Kier molecular flexibility index (Phi) is 5.53. The molecule has 0 spiro atoms. The third kappa shape index (κ3) is 4.47. The van der Waals surface area contributed by atoms with Crippen LogP contribution in [-0.2, 0) is 24.8 Å². The van der Waals surface area contributed by atoms with Crippen LogP contribution in [0.25, 0.3) is 0 Å². The number of primary sulfonamides is 1. The number of hydrogen-bond donors (Lipinski definition) is 1. The van der Waals surface area contributed by atoms with Crippen LogP contribution >= 0.6 is 0 Å². The van der Waals surface area contributed by atoms with Gasteiger partial charge in [-0.25, -0.2) is 26.3 Å². The van der Waals surface area contributed by atoms with Crippen LogP contribution in [0.15, 0.2) is 0 Å². The minimum atomic E-state index is -3.68. The molecule has 0 bridgehead atoms. The number of nitrogens with zero attached hydrogens (tertiary/aromatic N) is 1. The number of nitrogens with two attached hydrogens (primary N) is 1. The second-order valence-electron chi connectivity index (χ2n) is 4.22. The van der Waals surface area contributed by atoms with Crippen LogP contribution in [0.4, 0.5) is 0 Å². The lowest BCUT2D eigenvalue weighted by molar-refractivity contribution is 0.162. The van der Waals surface area contributed by atoms with Gasteiger partial charge in [0.2, 0.25) is 20.0 Å². The first-order valence-corrected chi connectivity index (χ1v) is 9.06. The van der Waals surface area contributed by atoms with Gasteiger partial charge < -0.3 is 4.74 Å². The van der Waals surface area contributed by atoms with Gasteiger partial charge in [0.15, 0.2) is 0 Å². The summed E-state index contributed by atoms with van der Waals surface area (Å²) >= 11 is 0. The van der Waals surface area contributed by atoms with E-state index in [0.29, 0.717) is 26.0 Å². The Balaban J connectivity index is 2.66. The van der Waals surface area contributed by atoms with Gasteiger partial charge in [-0.3, -0.25) is 0 Å². The minimum absolute atomic E-state index is 0.0483. The Morgan fingerprint density at radius 1 is 1.33 bits per heavy atom. The summed E-state index contributed by atoms with van der Waals surface area (Å²) < 4.78 is 52.6. The lowest BCUT2D eigenvalue weighted by atomic mass is 10.2. The highest BCUT2D eigenvalue weighted by Crippen LogP contribution is 2.18. The van der Waals surface area contributed by atoms with E-state index in [2.05, 4.69) is 0 Å². The zero-order valence-corrected chi connectivity index (χ0v) is 12.0. The van der Waals surface area contributed by atoms with E-state index in [1.54, 1.807) is 6.92 Å². The van der Waals surface area contributed by atoms with Crippen LogP contribution in [0.2, 0.25) is 0 Å². The molecule has 0 amide bonds. The van der Waals surface area contributed by atoms with Gasteiger partial charge in [0, 0.05) is 19.7 Å². The molecule has 18 heavy (non-hydrogen) atoms. The molecule has 1 atom stereocenters. The number of sulfonamides is 2. The van der Waals surface area contributed by atoms with Gasteiger partial charge >= 0.3 is 0 Å². The van der Waals surface area contributed by atoms with E-state index in [-0.39, 0.29) is 18.9 Å². The Bertz CT molecular complexity index is 459. The first-order chi connectivity index (χ1) is 8.27. The largest absolute Gasteiger partial charge is 0.381 e. The zero-order valence-electron chi connectivity index (χ0n) is 10.4. The topological polar surface area (TPSA) is 107 Å². The van der Waals surface area contributed by atoms with Gasteiger partial charge in [-0.1, -0.05) is 0 Å². The molecule has 1 aliphatic rings. The molecule has 7 nitrogen and oxygen atoms in total. The standard InChI is InChI=1S/C9H20N2O5S2/c1-2-16-6-7-17(12,13)11-5-3-4-9(8-11)18(10,14)15/h9H,2-8H2,1H3,(H2,10,14,15). The minimum Gasteiger partial charge on any atom is -0.381 e. The lowest BCUT2D eigenvalue weighted by Gasteiger charge is -2.30. The molecule has 1 aliphatic heterocycles. The molecule has 1 heterocycles. The third-order valence-electron chi connectivity index (χ3n) is 2.89. The molecule has 9 heteroatoms. The maximum Gasteiger partial charge on any atom is 0.216 e. The molecule has 0 radical (unpaired) electrons. The van der Waals surface area contributed by atoms with E-state index >= 15 is 0 Å². The van der Waals surface area contributed by atoms with E-state index in [9.17, 15) is 16.8 Å². The van der Waals surface area contributed by atoms with Gasteiger partial charge in [0.1, 0.15) is 0 Å². The van der Waals surface area contributed by atoms with Crippen LogP contribution in [0.3, 0.4) is 0 Å². The van der Waals surface area contributed by atoms with Crippen LogP contribution in [0.1, 0.15) is 19.8 Å². The fourth-order valence-electron chi connectivity index (χ4n) is 1.86. The normalized spacial score (nSPS) is 23.1. The Hall–Kier alpha value is -0.220. The predicted octanol–water partition coefficient (Wildman–Crippen LogP) is -0.894. The molecule has 1 unspecified atom stereocenters. The molecular formula is C9H20N2O5S2. The number of hydrogen-bond acceptors (Lipinski definition) is 5. The highest BCUT2D eigenvalue weighted by molar-refractivity contribution is 7.90. The first-order valence-electron chi connectivity index (χ1n) is 5.84. The fraction of sp³-hybridized carbons (Fsp3) is 1.00. The Morgan fingerprint density at radius 3 is 2.56 bits per heavy atom. The van der Waals surface area contributed by atoms with Crippen LogP contribution in [0.5, 0.6) is 0 Å². The average molecular weight is 300 g/mol. The summed E-state index contributed by atoms with van der Waals surface area (Å²) in [6.45, 7) is 2.66. The highest BCUT2D eigenvalue weighted by Gasteiger charge is 2.33. The SMILES string of the molecule is CCOCCS(=O)(=O)N1CCCC(S(N)(=O)=O)C1. The molecule has 1 saturated heterocycles. The summed E-state index contributed by atoms with van der Waals surface area (Å²) in [6, 6.07) is 0.